The quantitative estimate of drug-likeness (QED) is 0.0760. The summed E-state index contributed by atoms with van der Waals surface area (Å²) < 4.78 is 5.81. The molecule has 0 radical (unpaired) electrons. The van der Waals surface area contributed by atoms with Crippen molar-refractivity contribution in [3.8, 4) is 0 Å². The van der Waals surface area contributed by atoms with Gasteiger partial charge in [-0.05, 0) is 57.8 Å². The maximum Gasteiger partial charge on any atom is 0.306 e. The highest BCUT2D eigenvalue weighted by molar-refractivity contribution is 5.69. The number of hydrogen-bond acceptors (Lipinski definition) is 3. The van der Waals surface area contributed by atoms with Crippen molar-refractivity contribution in [3.63, 3.8) is 0 Å². The van der Waals surface area contributed by atoms with Crippen LogP contribution in [0.5, 0.6) is 0 Å². The van der Waals surface area contributed by atoms with Gasteiger partial charge in [-0.25, -0.2) is 0 Å². The Morgan fingerprint density at radius 3 is 1.71 bits per heavy atom. The van der Waals surface area contributed by atoms with E-state index in [2.05, 4.69) is 26.0 Å². The normalized spacial score (nSPS) is 12.3. The molecule has 0 saturated heterocycles. The molecule has 1 N–H and O–H groups in total. The topological polar surface area (TPSA) is 63.6 Å². The number of rotatable bonds is 26. The zero-order valence-corrected chi connectivity index (χ0v) is 22.7. The number of hydrogen-bond donors (Lipinski definition) is 1. The van der Waals surface area contributed by atoms with E-state index < -0.39 is 5.97 Å². The molecule has 0 saturated carbocycles. The third-order valence-electron chi connectivity index (χ3n) is 6.49. The third-order valence-corrected chi connectivity index (χ3v) is 6.49. The molecule has 0 aromatic rings. The first-order chi connectivity index (χ1) is 16.6. The van der Waals surface area contributed by atoms with Crippen LogP contribution in [-0.4, -0.2) is 23.1 Å². The van der Waals surface area contributed by atoms with E-state index in [-0.39, 0.29) is 18.5 Å². The van der Waals surface area contributed by atoms with Crippen molar-refractivity contribution in [1.82, 2.24) is 0 Å². The van der Waals surface area contributed by atoms with E-state index in [0.717, 1.165) is 38.5 Å². The summed E-state index contributed by atoms with van der Waals surface area (Å²) in [7, 11) is 0. The molecule has 0 amide bonds. The molecule has 0 aromatic heterocycles. The number of ether oxygens (including phenoxy) is 1. The highest BCUT2D eigenvalue weighted by atomic mass is 16.5. The average molecular weight is 481 g/mol. The molecule has 1 atom stereocenters. The van der Waals surface area contributed by atoms with Crippen LogP contribution in [0.15, 0.2) is 12.2 Å². The number of carbonyl (C=O) groups is 2. The van der Waals surface area contributed by atoms with Gasteiger partial charge in [-0.2, -0.15) is 0 Å². The molecule has 0 aliphatic carbocycles. The van der Waals surface area contributed by atoms with Crippen LogP contribution >= 0.6 is 0 Å². The fourth-order valence-electron chi connectivity index (χ4n) is 4.28. The van der Waals surface area contributed by atoms with Crippen molar-refractivity contribution in [2.75, 3.05) is 0 Å². The van der Waals surface area contributed by atoms with Gasteiger partial charge in [0.15, 0.2) is 0 Å². The van der Waals surface area contributed by atoms with Crippen LogP contribution < -0.4 is 0 Å². The van der Waals surface area contributed by atoms with E-state index >= 15 is 0 Å². The van der Waals surface area contributed by atoms with Gasteiger partial charge in [0, 0.05) is 12.8 Å². The molecule has 0 spiro atoms. The number of allylic oxidation sites excluding steroid dienone is 2. The molecule has 0 heterocycles. The Bertz CT molecular complexity index is 486. The Balaban J connectivity index is 3.92. The predicted octanol–water partition coefficient (Wildman–Crippen LogP) is 9.55. The van der Waals surface area contributed by atoms with Crippen molar-refractivity contribution in [1.29, 1.82) is 0 Å². The molecule has 34 heavy (non-hydrogen) atoms. The Hall–Kier alpha value is -1.32. The SMILES string of the molecule is CCCC/C=C\CCCCCCCCC(=O)OC(CCCCCCCCC)CCCCC(=O)O. The molecule has 0 fully saturated rings. The van der Waals surface area contributed by atoms with Gasteiger partial charge >= 0.3 is 11.9 Å². The highest BCUT2D eigenvalue weighted by Gasteiger charge is 2.14. The third kappa shape index (κ3) is 25.3. The second-order valence-corrected chi connectivity index (χ2v) is 9.94. The largest absolute Gasteiger partial charge is 0.481 e. The zero-order chi connectivity index (χ0) is 25.1. The van der Waals surface area contributed by atoms with E-state index in [4.69, 9.17) is 9.84 Å². The van der Waals surface area contributed by atoms with E-state index in [1.807, 2.05) is 0 Å². The lowest BCUT2D eigenvalue weighted by Crippen LogP contribution is -2.18. The van der Waals surface area contributed by atoms with Crippen LogP contribution in [0.2, 0.25) is 0 Å². The second kappa shape index (κ2) is 26.3. The molecule has 0 bridgehead atoms. The summed E-state index contributed by atoms with van der Waals surface area (Å²) >= 11 is 0. The van der Waals surface area contributed by atoms with E-state index in [1.54, 1.807) is 0 Å². The van der Waals surface area contributed by atoms with E-state index in [0.29, 0.717) is 12.8 Å². The molecule has 1 unspecified atom stereocenters. The summed E-state index contributed by atoms with van der Waals surface area (Å²) in [5.41, 5.74) is 0. The Morgan fingerprint density at radius 2 is 1.09 bits per heavy atom. The highest BCUT2D eigenvalue weighted by Crippen LogP contribution is 2.18. The lowest BCUT2D eigenvalue weighted by molar-refractivity contribution is -0.150. The summed E-state index contributed by atoms with van der Waals surface area (Å²) in [5, 5.41) is 8.84. The first-order valence-electron chi connectivity index (χ1n) is 14.7. The molecule has 0 rings (SSSR count). The molecule has 4 heteroatoms. The van der Waals surface area contributed by atoms with Gasteiger partial charge in [0.1, 0.15) is 6.10 Å². The van der Waals surface area contributed by atoms with E-state index in [9.17, 15) is 9.59 Å². The van der Waals surface area contributed by atoms with Crippen LogP contribution in [0.1, 0.15) is 162 Å². The summed E-state index contributed by atoms with van der Waals surface area (Å²) in [6.45, 7) is 4.46. The van der Waals surface area contributed by atoms with Crippen LogP contribution in [0.25, 0.3) is 0 Å². The average Bonchev–Trinajstić information content (AvgIpc) is 2.81. The first kappa shape index (κ1) is 32.7. The maximum atomic E-state index is 12.4. The molecule has 4 nitrogen and oxygen atoms in total. The van der Waals surface area contributed by atoms with E-state index in [1.165, 1.54) is 89.9 Å². The van der Waals surface area contributed by atoms with Crippen molar-refractivity contribution in [2.24, 2.45) is 0 Å². The molecular formula is C30H56O4. The summed E-state index contributed by atoms with van der Waals surface area (Å²) in [6.07, 6.45) is 29.3. The summed E-state index contributed by atoms with van der Waals surface area (Å²) in [4.78, 5) is 23.1. The Kier molecular flexibility index (Phi) is 25.3. The summed E-state index contributed by atoms with van der Waals surface area (Å²) in [6, 6.07) is 0. The fourth-order valence-corrected chi connectivity index (χ4v) is 4.28. The van der Waals surface area contributed by atoms with Gasteiger partial charge in [0.2, 0.25) is 0 Å². The smallest absolute Gasteiger partial charge is 0.306 e. The van der Waals surface area contributed by atoms with Crippen molar-refractivity contribution in [2.45, 2.75) is 168 Å². The van der Waals surface area contributed by atoms with Crippen LogP contribution in [-0.2, 0) is 14.3 Å². The van der Waals surface area contributed by atoms with Crippen molar-refractivity contribution < 1.29 is 19.4 Å². The van der Waals surface area contributed by atoms with Gasteiger partial charge in [-0.3, -0.25) is 9.59 Å². The Morgan fingerprint density at radius 1 is 0.618 bits per heavy atom. The monoisotopic (exact) mass is 480 g/mol. The Labute approximate surface area is 211 Å². The minimum atomic E-state index is -0.746. The predicted molar refractivity (Wildman–Crippen MR) is 144 cm³/mol. The summed E-state index contributed by atoms with van der Waals surface area (Å²) in [5.74, 6) is -0.813. The van der Waals surface area contributed by atoms with Crippen LogP contribution in [0, 0.1) is 0 Å². The molecule has 0 aliphatic rings. The molecule has 0 aromatic carbocycles. The lowest BCUT2D eigenvalue weighted by Gasteiger charge is -2.18. The van der Waals surface area contributed by atoms with Gasteiger partial charge in [0.05, 0.1) is 0 Å². The lowest BCUT2D eigenvalue weighted by atomic mass is 10.0. The number of carboxylic acids is 1. The van der Waals surface area contributed by atoms with Gasteiger partial charge in [-0.1, -0.05) is 103 Å². The van der Waals surface area contributed by atoms with Crippen molar-refractivity contribution >= 4 is 11.9 Å². The number of unbranched alkanes of at least 4 members (excludes halogenated alkanes) is 15. The number of aliphatic carboxylic acids is 1. The molecule has 0 aliphatic heterocycles. The fraction of sp³-hybridized carbons (Fsp3) is 0.867. The van der Waals surface area contributed by atoms with Gasteiger partial charge < -0.3 is 9.84 Å². The van der Waals surface area contributed by atoms with Crippen molar-refractivity contribution in [3.05, 3.63) is 12.2 Å². The van der Waals surface area contributed by atoms with Crippen LogP contribution in [0.4, 0.5) is 0 Å². The van der Waals surface area contributed by atoms with Gasteiger partial charge in [0.25, 0.3) is 0 Å². The molecular weight excluding hydrogens is 424 g/mol. The van der Waals surface area contributed by atoms with Gasteiger partial charge in [-0.15, -0.1) is 0 Å². The number of esters is 1. The minimum Gasteiger partial charge on any atom is -0.481 e. The number of carbonyl (C=O) groups excluding carboxylic acids is 1. The second-order valence-electron chi connectivity index (χ2n) is 9.94. The number of carboxylic acid groups (broad SMARTS) is 1. The maximum absolute atomic E-state index is 12.4. The standard InChI is InChI=1S/C30H56O4/c1-3-5-7-9-11-12-13-14-15-17-19-21-27-30(33)34-28(25-22-23-26-29(31)32)24-20-18-16-10-8-6-4-2/h9,11,28H,3-8,10,12-27H2,1-2H3,(H,31,32)/b11-9-. The minimum absolute atomic E-state index is 0.0395. The first-order valence-corrected chi connectivity index (χ1v) is 14.7. The van der Waals surface area contributed by atoms with Crippen LogP contribution in [0.3, 0.4) is 0 Å². The zero-order valence-electron chi connectivity index (χ0n) is 22.7. The molecule has 200 valence electrons.